The van der Waals surface area contributed by atoms with Crippen LogP contribution in [0.2, 0.25) is 0 Å². The summed E-state index contributed by atoms with van der Waals surface area (Å²) in [6, 6.07) is 6.95. The molecule has 0 saturated carbocycles. The van der Waals surface area contributed by atoms with Crippen LogP contribution in [0.15, 0.2) is 30.3 Å². The van der Waals surface area contributed by atoms with E-state index in [1.165, 1.54) is 19.1 Å². The van der Waals surface area contributed by atoms with Gasteiger partial charge in [0.25, 0.3) is 5.88 Å². The first-order valence-corrected chi connectivity index (χ1v) is 6.56. The molecule has 2 rings (SSSR count). The van der Waals surface area contributed by atoms with Gasteiger partial charge in [-0.15, -0.1) is 0 Å². The van der Waals surface area contributed by atoms with E-state index in [1.54, 1.807) is 12.1 Å². The molecule has 0 atom stereocenters. The third-order valence-corrected chi connectivity index (χ3v) is 2.81. The molecule has 2 aromatic rings. The summed E-state index contributed by atoms with van der Waals surface area (Å²) in [4.78, 5) is 14.9. The monoisotopic (exact) mass is 307 g/mol. The minimum absolute atomic E-state index is 0.0126. The number of anilines is 2. The number of carbonyl (C=O) groups excluding carboxylic acids is 1. The zero-order chi connectivity index (χ0) is 16.1. The molecule has 0 aliphatic carbocycles. The van der Waals surface area contributed by atoms with Gasteiger partial charge in [-0.05, 0) is 17.7 Å². The number of nitrogens with two attached hydrogens (primary N) is 1. The highest BCUT2D eigenvalue weighted by Crippen LogP contribution is 2.24. The molecular formula is C15H15F2N3O2. The number of carbonyl (C=O) groups is 1. The largest absolute Gasteiger partial charge is 0.475 e. The van der Waals surface area contributed by atoms with E-state index in [1.807, 2.05) is 0 Å². The standard InChI is InChI=1S/C15H15F2N3O2/c1-9(21)19-14-13(18)8-12(17)15(20-14)22-7-6-10-2-4-11(16)5-3-10/h2-5,8H,6-7,18H2,1H3,(H,19,20,21). The van der Waals surface area contributed by atoms with Crippen molar-refractivity contribution in [3.05, 3.63) is 47.5 Å². The van der Waals surface area contributed by atoms with Gasteiger partial charge in [0.05, 0.1) is 12.3 Å². The van der Waals surface area contributed by atoms with Gasteiger partial charge in [-0.1, -0.05) is 12.1 Å². The summed E-state index contributed by atoms with van der Waals surface area (Å²) in [6.45, 7) is 1.44. The highest BCUT2D eigenvalue weighted by atomic mass is 19.1. The summed E-state index contributed by atoms with van der Waals surface area (Å²) < 4.78 is 31.8. The van der Waals surface area contributed by atoms with Gasteiger partial charge in [0.15, 0.2) is 11.6 Å². The molecule has 5 nitrogen and oxygen atoms in total. The van der Waals surface area contributed by atoms with Crippen molar-refractivity contribution in [2.24, 2.45) is 0 Å². The van der Waals surface area contributed by atoms with E-state index in [9.17, 15) is 13.6 Å². The predicted molar refractivity (Wildman–Crippen MR) is 78.5 cm³/mol. The average molecular weight is 307 g/mol. The molecule has 0 fully saturated rings. The topological polar surface area (TPSA) is 77.2 Å². The summed E-state index contributed by atoms with van der Waals surface area (Å²) in [5.41, 5.74) is 6.42. The molecule has 3 N–H and O–H groups in total. The number of hydrogen-bond acceptors (Lipinski definition) is 4. The van der Waals surface area contributed by atoms with Crippen molar-refractivity contribution in [1.82, 2.24) is 4.98 Å². The second-order valence-corrected chi connectivity index (χ2v) is 4.62. The number of aromatic nitrogens is 1. The lowest BCUT2D eigenvalue weighted by Gasteiger charge is -2.10. The predicted octanol–water partition coefficient (Wildman–Crippen LogP) is 2.52. The quantitative estimate of drug-likeness (QED) is 0.890. The average Bonchev–Trinajstić information content (AvgIpc) is 2.45. The summed E-state index contributed by atoms with van der Waals surface area (Å²) in [5, 5.41) is 2.39. The van der Waals surface area contributed by atoms with Crippen LogP contribution in [-0.2, 0) is 11.2 Å². The van der Waals surface area contributed by atoms with Crippen molar-refractivity contribution in [3.63, 3.8) is 0 Å². The third-order valence-electron chi connectivity index (χ3n) is 2.81. The summed E-state index contributed by atoms with van der Waals surface area (Å²) in [6.07, 6.45) is 0.460. The molecule has 0 radical (unpaired) electrons. The van der Waals surface area contributed by atoms with E-state index in [0.29, 0.717) is 6.42 Å². The van der Waals surface area contributed by atoms with Gasteiger partial charge >= 0.3 is 0 Å². The number of hydrogen-bond donors (Lipinski definition) is 2. The fraction of sp³-hybridized carbons (Fsp3) is 0.200. The first kappa shape index (κ1) is 15.7. The van der Waals surface area contributed by atoms with Crippen LogP contribution in [0.1, 0.15) is 12.5 Å². The maximum absolute atomic E-state index is 13.7. The molecule has 1 amide bonds. The van der Waals surface area contributed by atoms with Crippen molar-refractivity contribution in [1.29, 1.82) is 0 Å². The fourth-order valence-electron chi connectivity index (χ4n) is 1.77. The van der Waals surface area contributed by atoms with Gasteiger partial charge in [0.2, 0.25) is 5.91 Å². The molecule has 1 aromatic heterocycles. The van der Waals surface area contributed by atoms with Crippen molar-refractivity contribution in [3.8, 4) is 5.88 Å². The maximum Gasteiger partial charge on any atom is 0.252 e. The first-order valence-electron chi connectivity index (χ1n) is 6.56. The number of ether oxygens (including phenoxy) is 1. The minimum Gasteiger partial charge on any atom is -0.475 e. The molecule has 7 heteroatoms. The van der Waals surface area contributed by atoms with Crippen LogP contribution in [0, 0.1) is 11.6 Å². The molecule has 0 unspecified atom stereocenters. The Hall–Kier alpha value is -2.70. The number of halogens is 2. The van der Waals surface area contributed by atoms with Crippen LogP contribution in [0.4, 0.5) is 20.3 Å². The molecule has 1 heterocycles. The van der Waals surface area contributed by atoms with Gasteiger partial charge in [0.1, 0.15) is 5.82 Å². The number of pyridine rings is 1. The lowest BCUT2D eigenvalue weighted by molar-refractivity contribution is -0.114. The van der Waals surface area contributed by atoms with Gasteiger partial charge < -0.3 is 15.8 Å². The summed E-state index contributed by atoms with van der Waals surface area (Å²) >= 11 is 0. The van der Waals surface area contributed by atoms with Gasteiger partial charge in [0, 0.05) is 19.4 Å². The molecule has 22 heavy (non-hydrogen) atoms. The van der Waals surface area contributed by atoms with E-state index in [-0.39, 0.29) is 35.7 Å². The number of rotatable bonds is 5. The van der Waals surface area contributed by atoms with Crippen LogP contribution in [0.25, 0.3) is 0 Å². The fourth-order valence-corrected chi connectivity index (χ4v) is 1.77. The van der Waals surface area contributed by atoms with E-state index in [4.69, 9.17) is 10.5 Å². The number of nitrogens with zero attached hydrogens (tertiary/aromatic N) is 1. The lowest BCUT2D eigenvalue weighted by atomic mass is 10.2. The Labute approximate surface area is 126 Å². The van der Waals surface area contributed by atoms with E-state index in [0.717, 1.165) is 11.6 Å². The lowest BCUT2D eigenvalue weighted by Crippen LogP contribution is -2.12. The normalized spacial score (nSPS) is 10.3. The minimum atomic E-state index is -0.717. The zero-order valence-corrected chi connectivity index (χ0v) is 11.9. The third kappa shape index (κ3) is 4.15. The van der Waals surface area contributed by atoms with Gasteiger partial charge in [-0.25, -0.2) is 8.78 Å². The van der Waals surface area contributed by atoms with Gasteiger partial charge in [-0.2, -0.15) is 4.98 Å². The van der Waals surface area contributed by atoms with Crippen LogP contribution < -0.4 is 15.8 Å². The molecule has 1 aromatic carbocycles. The molecule has 116 valence electrons. The molecular weight excluding hydrogens is 292 g/mol. The van der Waals surface area contributed by atoms with E-state index < -0.39 is 5.82 Å². The number of amides is 1. The Morgan fingerprint density at radius 1 is 1.32 bits per heavy atom. The van der Waals surface area contributed by atoms with E-state index in [2.05, 4.69) is 10.3 Å². The Kier molecular flexibility index (Phi) is 4.88. The molecule has 0 saturated heterocycles. The highest BCUT2D eigenvalue weighted by Gasteiger charge is 2.12. The van der Waals surface area contributed by atoms with Crippen LogP contribution in [0.5, 0.6) is 5.88 Å². The van der Waals surface area contributed by atoms with Crippen molar-refractivity contribution in [2.45, 2.75) is 13.3 Å². The van der Waals surface area contributed by atoms with Crippen molar-refractivity contribution >= 4 is 17.4 Å². The molecule has 0 spiro atoms. The molecule has 0 bridgehead atoms. The number of nitrogen functional groups attached to an aromatic ring is 1. The van der Waals surface area contributed by atoms with Crippen LogP contribution in [-0.4, -0.2) is 17.5 Å². The summed E-state index contributed by atoms with van der Waals surface area (Å²) in [7, 11) is 0. The second-order valence-electron chi connectivity index (χ2n) is 4.62. The van der Waals surface area contributed by atoms with Gasteiger partial charge in [-0.3, -0.25) is 4.79 Å². The zero-order valence-electron chi connectivity index (χ0n) is 11.9. The van der Waals surface area contributed by atoms with Crippen molar-refractivity contribution < 1.29 is 18.3 Å². The number of benzene rings is 1. The Morgan fingerprint density at radius 2 is 2.00 bits per heavy atom. The van der Waals surface area contributed by atoms with Crippen molar-refractivity contribution in [2.75, 3.05) is 17.7 Å². The molecule has 0 aliphatic heterocycles. The summed E-state index contributed by atoms with van der Waals surface area (Å²) in [5.74, 6) is -1.62. The smallest absolute Gasteiger partial charge is 0.252 e. The Balaban J connectivity index is 2.02. The highest BCUT2D eigenvalue weighted by molar-refractivity contribution is 5.90. The Bertz CT molecular complexity index is 675. The Morgan fingerprint density at radius 3 is 2.64 bits per heavy atom. The van der Waals surface area contributed by atoms with Crippen LogP contribution >= 0.6 is 0 Å². The van der Waals surface area contributed by atoms with E-state index >= 15 is 0 Å². The first-order chi connectivity index (χ1) is 10.5. The van der Waals surface area contributed by atoms with Crippen LogP contribution in [0.3, 0.4) is 0 Å². The SMILES string of the molecule is CC(=O)Nc1nc(OCCc2ccc(F)cc2)c(F)cc1N. The second kappa shape index (κ2) is 6.84. The molecule has 0 aliphatic rings. The number of nitrogens with one attached hydrogen (secondary N) is 1. The maximum atomic E-state index is 13.7.